The van der Waals surface area contributed by atoms with Gasteiger partial charge in [0.2, 0.25) is 0 Å². The van der Waals surface area contributed by atoms with E-state index in [4.69, 9.17) is 23.2 Å². The monoisotopic (exact) mass is 304 g/mol. The third-order valence-electron chi connectivity index (χ3n) is 1.97. The van der Waals surface area contributed by atoms with Crippen LogP contribution in [0.15, 0.2) is 16.2 Å². The van der Waals surface area contributed by atoms with E-state index in [0.717, 1.165) is 11.3 Å². The Balaban J connectivity index is 2.08. The highest BCUT2D eigenvalue weighted by molar-refractivity contribution is 7.07. The lowest BCUT2D eigenvalue weighted by atomic mass is 10.3. The second-order valence-corrected chi connectivity index (χ2v) is 4.82. The minimum absolute atomic E-state index is 0.0317. The summed E-state index contributed by atoms with van der Waals surface area (Å²) in [5, 5.41) is 11.3. The van der Waals surface area contributed by atoms with E-state index >= 15 is 0 Å². The van der Waals surface area contributed by atoms with Gasteiger partial charge in [-0.2, -0.15) is 0 Å². The number of hydrogen-bond donors (Lipinski definition) is 2. The molecule has 0 saturated carbocycles. The van der Waals surface area contributed by atoms with Crippen LogP contribution >= 0.6 is 34.5 Å². The molecule has 0 aliphatic carbocycles. The molecule has 0 spiro atoms. The SMILES string of the molecule is O=C(NCc1csc(=O)[nH]1)c1cc(Cl)nnc1Cl. The van der Waals surface area contributed by atoms with Gasteiger partial charge in [-0.05, 0) is 6.07 Å². The maximum atomic E-state index is 11.8. The fourth-order valence-corrected chi connectivity index (χ4v) is 2.09. The Hall–Kier alpha value is -1.44. The topological polar surface area (TPSA) is 87.7 Å². The molecule has 0 atom stereocenters. The number of halogens is 2. The Morgan fingerprint density at radius 3 is 2.89 bits per heavy atom. The molecule has 2 aromatic rings. The number of nitrogens with zero attached hydrogens (tertiary/aromatic N) is 2. The highest BCUT2D eigenvalue weighted by Crippen LogP contribution is 2.15. The minimum atomic E-state index is -0.441. The van der Waals surface area contributed by atoms with Crippen LogP contribution in [0.4, 0.5) is 0 Å². The molecule has 0 radical (unpaired) electrons. The van der Waals surface area contributed by atoms with Crippen molar-refractivity contribution in [1.29, 1.82) is 0 Å². The molecule has 1 amide bonds. The van der Waals surface area contributed by atoms with Crippen LogP contribution in [0.25, 0.3) is 0 Å². The van der Waals surface area contributed by atoms with Crippen LogP contribution in [0.5, 0.6) is 0 Å². The van der Waals surface area contributed by atoms with Crippen molar-refractivity contribution in [2.45, 2.75) is 6.54 Å². The van der Waals surface area contributed by atoms with E-state index in [1.54, 1.807) is 5.38 Å². The van der Waals surface area contributed by atoms with Crippen molar-refractivity contribution in [2.75, 3.05) is 0 Å². The molecule has 2 N–H and O–H groups in total. The predicted octanol–water partition coefficient (Wildman–Crippen LogP) is 1.46. The molecule has 94 valence electrons. The largest absolute Gasteiger partial charge is 0.346 e. The minimum Gasteiger partial charge on any atom is -0.346 e. The van der Waals surface area contributed by atoms with Crippen LogP contribution in [0.3, 0.4) is 0 Å². The molecule has 2 heterocycles. The van der Waals surface area contributed by atoms with Crippen molar-refractivity contribution in [3.8, 4) is 0 Å². The first-order valence-corrected chi connectivity index (χ1v) is 6.33. The fourth-order valence-electron chi connectivity index (χ4n) is 1.18. The van der Waals surface area contributed by atoms with E-state index < -0.39 is 5.91 Å². The van der Waals surface area contributed by atoms with Gasteiger partial charge in [-0.1, -0.05) is 34.5 Å². The van der Waals surface area contributed by atoms with Gasteiger partial charge in [-0.25, -0.2) is 0 Å². The molecule has 18 heavy (non-hydrogen) atoms. The Morgan fingerprint density at radius 2 is 2.22 bits per heavy atom. The number of rotatable bonds is 3. The maximum absolute atomic E-state index is 11.8. The summed E-state index contributed by atoms with van der Waals surface area (Å²) in [4.78, 5) is 25.1. The van der Waals surface area contributed by atoms with Crippen LogP contribution in [-0.2, 0) is 6.54 Å². The second-order valence-electron chi connectivity index (χ2n) is 3.23. The number of carbonyl (C=O) groups is 1. The van der Waals surface area contributed by atoms with Gasteiger partial charge >= 0.3 is 4.87 Å². The molecular formula is C9H6Cl2N4O2S. The van der Waals surface area contributed by atoms with Gasteiger partial charge in [-0.15, -0.1) is 10.2 Å². The molecule has 9 heteroatoms. The Labute approximate surface area is 115 Å². The lowest BCUT2D eigenvalue weighted by Gasteiger charge is -2.04. The lowest BCUT2D eigenvalue weighted by molar-refractivity contribution is 0.0950. The summed E-state index contributed by atoms with van der Waals surface area (Å²) < 4.78 is 0. The number of aromatic amines is 1. The molecule has 0 unspecified atom stereocenters. The van der Waals surface area contributed by atoms with Gasteiger partial charge in [0, 0.05) is 11.1 Å². The number of carbonyl (C=O) groups excluding carboxylic acids is 1. The van der Waals surface area contributed by atoms with Crippen LogP contribution in [0.2, 0.25) is 10.3 Å². The molecule has 0 saturated heterocycles. The Kier molecular flexibility index (Phi) is 3.95. The van der Waals surface area contributed by atoms with E-state index in [1.807, 2.05) is 0 Å². The predicted molar refractivity (Wildman–Crippen MR) is 68.2 cm³/mol. The van der Waals surface area contributed by atoms with Crippen molar-refractivity contribution in [1.82, 2.24) is 20.5 Å². The third-order valence-corrected chi connectivity index (χ3v) is 3.16. The van der Waals surface area contributed by atoms with E-state index in [-0.39, 0.29) is 27.3 Å². The van der Waals surface area contributed by atoms with Crippen LogP contribution in [0, 0.1) is 0 Å². The number of hydrogen-bond acceptors (Lipinski definition) is 5. The van der Waals surface area contributed by atoms with Crippen molar-refractivity contribution in [3.63, 3.8) is 0 Å². The van der Waals surface area contributed by atoms with Crippen molar-refractivity contribution >= 4 is 40.4 Å². The summed E-state index contributed by atoms with van der Waals surface area (Å²) in [5.74, 6) is -0.441. The van der Waals surface area contributed by atoms with Gasteiger partial charge in [0.25, 0.3) is 5.91 Å². The summed E-state index contributed by atoms with van der Waals surface area (Å²) in [5.41, 5.74) is 0.747. The molecule has 2 rings (SSSR count). The molecule has 0 aromatic carbocycles. The van der Waals surface area contributed by atoms with Crippen LogP contribution in [-0.4, -0.2) is 21.1 Å². The summed E-state index contributed by atoms with van der Waals surface area (Å²) >= 11 is 12.4. The zero-order chi connectivity index (χ0) is 13.1. The highest BCUT2D eigenvalue weighted by Gasteiger charge is 2.13. The second kappa shape index (κ2) is 5.47. The number of H-pyrrole nitrogens is 1. The standard InChI is InChI=1S/C9H6Cl2N4O2S/c10-6-1-5(7(11)15-14-6)8(16)12-2-4-3-18-9(17)13-4/h1,3H,2H2,(H,12,16)(H,13,17). The molecule has 0 aliphatic rings. The van der Waals surface area contributed by atoms with E-state index in [2.05, 4.69) is 20.5 Å². The molecular weight excluding hydrogens is 299 g/mol. The van der Waals surface area contributed by atoms with Gasteiger partial charge in [0.05, 0.1) is 12.1 Å². The fraction of sp³-hybridized carbons (Fsp3) is 0.111. The zero-order valence-corrected chi connectivity index (χ0v) is 11.1. The van der Waals surface area contributed by atoms with Crippen molar-refractivity contribution in [2.24, 2.45) is 0 Å². The average molecular weight is 305 g/mol. The van der Waals surface area contributed by atoms with Gasteiger partial charge in [0.15, 0.2) is 10.3 Å². The van der Waals surface area contributed by atoms with Gasteiger partial charge in [-0.3, -0.25) is 9.59 Å². The number of aromatic nitrogens is 3. The first-order chi connectivity index (χ1) is 8.56. The Morgan fingerprint density at radius 1 is 1.44 bits per heavy atom. The van der Waals surface area contributed by atoms with Crippen molar-refractivity contribution < 1.29 is 4.79 Å². The maximum Gasteiger partial charge on any atom is 0.304 e. The van der Waals surface area contributed by atoms with Gasteiger partial charge < -0.3 is 10.3 Å². The smallest absolute Gasteiger partial charge is 0.304 e. The summed E-state index contributed by atoms with van der Waals surface area (Å²) in [6.45, 7) is 0.188. The first kappa shape index (κ1) is 13.0. The van der Waals surface area contributed by atoms with Crippen molar-refractivity contribution in [3.05, 3.63) is 42.7 Å². The van der Waals surface area contributed by atoms with E-state index in [1.165, 1.54) is 6.07 Å². The normalized spacial score (nSPS) is 10.3. The summed E-state index contributed by atoms with van der Waals surface area (Å²) in [6, 6.07) is 1.32. The summed E-state index contributed by atoms with van der Waals surface area (Å²) in [6.07, 6.45) is 0. The zero-order valence-electron chi connectivity index (χ0n) is 8.74. The highest BCUT2D eigenvalue weighted by atomic mass is 35.5. The average Bonchev–Trinajstić information content (AvgIpc) is 2.75. The molecule has 0 fully saturated rings. The lowest BCUT2D eigenvalue weighted by Crippen LogP contribution is -2.24. The van der Waals surface area contributed by atoms with E-state index in [9.17, 15) is 9.59 Å². The Bertz CT molecular complexity index is 639. The molecule has 2 aromatic heterocycles. The third kappa shape index (κ3) is 3.06. The summed E-state index contributed by atoms with van der Waals surface area (Å²) in [7, 11) is 0. The van der Waals surface area contributed by atoms with E-state index in [0.29, 0.717) is 5.69 Å². The molecule has 0 bridgehead atoms. The molecule has 0 aliphatic heterocycles. The molecule has 6 nitrogen and oxygen atoms in total. The quantitative estimate of drug-likeness (QED) is 0.898. The van der Waals surface area contributed by atoms with Crippen LogP contribution in [0.1, 0.15) is 16.1 Å². The number of amides is 1. The van der Waals surface area contributed by atoms with Crippen LogP contribution < -0.4 is 10.2 Å². The number of thiazole rings is 1. The van der Waals surface area contributed by atoms with Gasteiger partial charge in [0.1, 0.15) is 0 Å². The first-order valence-electron chi connectivity index (χ1n) is 4.70. The number of nitrogens with one attached hydrogen (secondary N) is 2.